The fraction of sp³-hybridized carbons (Fsp3) is 0.353. The van der Waals surface area contributed by atoms with Crippen LogP contribution in [0.2, 0.25) is 0 Å². The fourth-order valence-electron chi connectivity index (χ4n) is 2.28. The van der Waals surface area contributed by atoms with E-state index in [0.717, 1.165) is 10.4 Å². The molecule has 0 saturated carbocycles. The molecule has 6 heteroatoms. The molecule has 0 fully saturated rings. The van der Waals surface area contributed by atoms with Crippen LogP contribution in [0.3, 0.4) is 0 Å². The molecule has 1 aromatic carbocycles. The lowest BCUT2D eigenvalue weighted by molar-refractivity contribution is -0.118. The van der Waals surface area contributed by atoms with Crippen LogP contribution in [0.15, 0.2) is 46.7 Å². The molecular weight excluding hydrogens is 330 g/mol. The van der Waals surface area contributed by atoms with Gasteiger partial charge >= 0.3 is 0 Å². The van der Waals surface area contributed by atoms with Crippen LogP contribution < -0.4 is 5.32 Å². The average molecular weight is 351 g/mol. The summed E-state index contributed by atoms with van der Waals surface area (Å²) in [5.74, 6) is 0.108. The minimum Gasteiger partial charge on any atom is -0.355 e. The lowest BCUT2D eigenvalue weighted by atomic mass is 10.0. The predicted molar refractivity (Wildman–Crippen MR) is 93.5 cm³/mol. The molecule has 0 unspecified atom stereocenters. The number of nitrogens with one attached hydrogen (secondary N) is 1. The summed E-state index contributed by atoms with van der Waals surface area (Å²) >= 11 is 1.38. The van der Waals surface area contributed by atoms with Crippen molar-refractivity contribution in [1.82, 2.24) is 5.32 Å². The van der Waals surface area contributed by atoms with Gasteiger partial charge in [-0.3, -0.25) is 4.79 Å². The van der Waals surface area contributed by atoms with Crippen LogP contribution in [0.1, 0.15) is 42.4 Å². The van der Waals surface area contributed by atoms with Crippen molar-refractivity contribution >= 4 is 27.1 Å². The van der Waals surface area contributed by atoms with Gasteiger partial charge in [0.2, 0.25) is 5.91 Å². The lowest BCUT2D eigenvalue weighted by Crippen LogP contribution is -2.29. The van der Waals surface area contributed by atoms with Gasteiger partial charge in [0.15, 0.2) is 9.84 Å². The van der Waals surface area contributed by atoms with Gasteiger partial charge in [-0.15, -0.1) is 11.3 Å². The Hall–Kier alpha value is -1.66. The number of hydrogen-bond acceptors (Lipinski definition) is 4. The van der Waals surface area contributed by atoms with Gasteiger partial charge in [0.25, 0.3) is 0 Å². The van der Waals surface area contributed by atoms with E-state index in [1.807, 2.05) is 23.6 Å². The Morgan fingerprint density at radius 3 is 2.30 bits per heavy atom. The van der Waals surface area contributed by atoms with Gasteiger partial charge in [0.1, 0.15) is 5.25 Å². The molecule has 0 spiro atoms. The Morgan fingerprint density at radius 1 is 1.17 bits per heavy atom. The number of benzene rings is 1. The molecule has 1 aromatic heterocycles. The summed E-state index contributed by atoms with van der Waals surface area (Å²) in [6.07, 6.45) is 0. The quantitative estimate of drug-likeness (QED) is 0.866. The third kappa shape index (κ3) is 4.20. The Morgan fingerprint density at radius 2 is 1.83 bits per heavy atom. The SMILES string of the molecule is CC(=O)NC[C@@H](c1cccs1)S(=O)(=O)c1ccc(C(C)C)cc1. The van der Waals surface area contributed by atoms with Crippen LogP contribution in [-0.2, 0) is 14.6 Å². The maximum absolute atomic E-state index is 13.0. The molecule has 1 heterocycles. The Kier molecular flexibility index (Phi) is 5.59. The molecule has 1 amide bonds. The van der Waals surface area contributed by atoms with Gasteiger partial charge in [-0.25, -0.2) is 8.42 Å². The van der Waals surface area contributed by atoms with Crippen molar-refractivity contribution in [1.29, 1.82) is 0 Å². The molecule has 0 aliphatic carbocycles. The van der Waals surface area contributed by atoms with E-state index in [1.54, 1.807) is 18.2 Å². The van der Waals surface area contributed by atoms with E-state index < -0.39 is 15.1 Å². The van der Waals surface area contributed by atoms with Crippen LogP contribution in [0, 0.1) is 0 Å². The van der Waals surface area contributed by atoms with Crippen molar-refractivity contribution in [3.8, 4) is 0 Å². The summed E-state index contributed by atoms with van der Waals surface area (Å²) in [4.78, 5) is 12.2. The van der Waals surface area contributed by atoms with E-state index in [1.165, 1.54) is 18.3 Å². The lowest BCUT2D eigenvalue weighted by Gasteiger charge is -2.17. The highest BCUT2D eigenvalue weighted by Gasteiger charge is 2.30. The van der Waals surface area contributed by atoms with Crippen LogP contribution in [-0.4, -0.2) is 20.9 Å². The molecule has 0 aliphatic heterocycles. The number of rotatable bonds is 6. The molecular formula is C17H21NO3S2. The molecule has 4 nitrogen and oxygen atoms in total. The van der Waals surface area contributed by atoms with Crippen molar-refractivity contribution in [3.63, 3.8) is 0 Å². The smallest absolute Gasteiger partial charge is 0.216 e. The van der Waals surface area contributed by atoms with E-state index in [2.05, 4.69) is 19.2 Å². The fourth-order valence-corrected chi connectivity index (χ4v) is 5.07. The highest BCUT2D eigenvalue weighted by molar-refractivity contribution is 7.91. The highest BCUT2D eigenvalue weighted by atomic mass is 32.2. The largest absolute Gasteiger partial charge is 0.355 e. The summed E-state index contributed by atoms with van der Waals surface area (Å²) in [6, 6.07) is 10.6. The Balaban J connectivity index is 2.37. The van der Waals surface area contributed by atoms with E-state index in [-0.39, 0.29) is 17.3 Å². The van der Waals surface area contributed by atoms with Gasteiger partial charge < -0.3 is 5.32 Å². The Bertz CT molecular complexity index is 748. The number of carbonyl (C=O) groups excluding carboxylic acids is 1. The number of thiophene rings is 1. The molecule has 0 bridgehead atoms. The molecule has 2 rings (SSSR count). The first-order chi connectivity index (χ1) is 10.8. The molecule has 0 saturated heterocycles. The first kappa shape index (κ1) is 17.7. The average Bonchev–Trinajstić information content (AvgIpc) is 3.01. The summed E-state index contributed by atoms with van der Waals surface area (Å²) < 4.78 is 26.0. The number of carbonyl (C=O) groups is 1. The van der Waals surface area contributed by atoms with Gasteiger partial charge in [-0.1, -0.05) is 32.0 Å². The van der Waals surface area contributed by atoms with Crippen LogP contribution in [0.4, 0.5) is 0 Å². The van der Waals surface area contributed by atoms with E-state index in [9.17, 15) is 13.2 Å². The number of amides is 1. The van der Waals surface area contributed by atoms with E-state index >= 15 is 0 Å². The summed E-state index contributed by atoms with van der Waals surface area (Å²) in [5, 5.41) is 3.70. The normalized spacial score (nSPS) is 13.0. The van der Waals surface area contributed by atoms with E-state index in [4.69, 9.17) is 0 Å². The van der Waals surface area contributed by atoms with Crippen LogP contribution >= 0.6 is 11.3 Å². The molecule has 1 atom stereocenters. The standard InChI is InChI=1S/C17H21NO3S2/c1-12(2)14-6-8-15(9-7-14)23(20,21)17(11-18-13(3)19)16-5-4-10-22-16/h4-10,12,17H,11H2,1-3H3,(H,18,19)/t17-/m0/s1. The van der Waals surface area contributed by atoms with Crippen molar-refractivity contribution in [2.45, 2.75) is 36.8 Å². The van der Waals surface area contributed by atoms with Gasteiger partial charge in [-0.2, -0.15) is 0 Å². The second-order valence-electron chi connectivity index (χ2n) is 5.71. The molecule has 0 aliphatic rings. The number of hydrogen-bond donors (Lipinski definition) is 1. The summed E-state index contributed by atoms with van der Waals surface area (Å²) in [5.41, 5.74) is 1.10. The van der Waals surface area contributed by atoms with E-state index in [0.29, 0.717) is 5.92 Å². The molecule has 0 radical (unpaired) electrons. The zero-order valence-corrected chi connectivity index (χ0v) is 15.1. The summed E-state index contributed by atoms with van der Waals surface area (Å²) in [6.45, 7) is 5.59. The second kappa shape index (κ2) is 7.27. The highest BCUT2D eigenvalue weighted by Crippen LogP contribution is 2.32. The minimum absolute atomic E-state index is 0.0735. The molecule has 23 heavy (non-hydrogen) atoms. The third-order valence-corrected chi connectivity index (χ3v) is 6.88. The number of sulfone groups is 1. The van der Waals surface area contributed by atoms with Crippen LogP contribution in [0.25, 0.3) is 0 Å². The predicted octanol–water partition coefficient (Wildman–Crippen LogP) is 3.52. The second-order valence-corrected chi connectivity index (χ2v) is 8.82. The maximum atomic E-state index is 13.0. The van der Waals surface area contributed by atoms with Gasteiger partial charge in [0.05, 0.1) is 4.90 Å². The van der Waals surface area contributed by atoms with Crippen molar-refractivity contribution < 1.29 is 13.2 Å². The third-order valence-electron chi connectivity index (χ3n) is 3.65. The van der Waals surface area contributed by atoms with Gasteiger partial charge in [-0.05, 0) is 35.1 Å². The van der Waals surface area contributed by atoms with Gasteiger partial charge in [0, 0.05) is 18.3 Å². The molecule has 2 aromatic rings. The van der Waals surface area contributed by atoms with Crippen molar-refractivity contribution in [2.75, 3.05) is 6.54 Å². The monoisotopic (exact) mass is 351 g/mol. The van der Waals surface area contributed by atoms with Crippen molar-refractivity contribution in [2.24, 2.45) is 0 Å². The first-order valence-corrected chi connectivity index (χ1v) is 9.86. The first-order valence-electron chi connectivity index (χ1n) is 7.44. The van der Waals surface area contributed by atoms with Crippen molar-refractivity contribution in [3.05, 3.63) is 52.2 Å². The summed E-state index contributed by atoms with van der Waals surface area (Å²) in [7, 11) is -3.57. The molecule has 124 valence electrons. The molecule has 1 N–H and O–H groups in total. The minimum atomic E-state index is -3.57. The van der Waals surface area contributed by atoms with Crippen LogP contribution in [0.5, 0.6) is 0 Å². The zero-order chi connectivity index (χ0) is 17.0. The zero-order valence-electron chi connectivity index (χ0n) is 13.4. The Labute approximate surface area is 141 Å². The topological polar surface area (TPSA) is 63.2 Å². The maximum Gasteiger partial charge on any atom is 0.216 e.